The quantitative estimate of drug-likeness (QED) is 0.0601. The molecule has 9 heteroatoms. The normalized spacial score (nSPS) is 22.7. The van der Waals surface area contributed by atoms with Crippen LogP contribution in [0.3, 0.4) is 0 Å². The van der Waals surface area contributed by atoms with Gasteiger partial charge in [-0.05, 0) is 61.4 Å². The lowest BCUT2D eigenvalue weighted by atomic mass is 9.89. The van der Waals surface area contributed by atoms with Crippen LogP contribution in [0, 0.1) is 11.8 Å². The first-order chi connectivity index (χ1) is 17.8. The second-order valence-corrected chi connectivity index (χ2v) is 9.44. The van der Waals surface area contributed by atoms with E-state index in [0.29, 0.717) is 43.4 Å². The molecule has 2 rings (SSSR count). The number of aliphatic hydroxyl groups is 3. The van der Waals surface area contributed by atoms with Crippen molar-refractivity contribution in [3.8, 4) is 5.75 Å². The first-order valence-electron chi connectivity index (χ1n) is 13.1. The molecule has 1 aliphatic carbocycles. The fourth-order valence-corrected chi connectivity index (χ4v) is 4.37. The summed E-state index contributed by atoms with van der Waals surface area (Å²) in [6, 6.07) is 5.92. The molecule has 1 saturated carbocycles. The Hall–Kier alpha value is -3.01. The number of unbranched alkanes of at least 4 members (excludes halogenated alkanes) is 3. The third-order valence-electron chi connectivity index (χ3n) is 6.40. The summed E-state index contributed by atoms with van der Waals surface area (Å²) < 4.78 is 5.33. The zero-order chi connectivity index (χ0) is 27.0. The zero-order valence-corrected chi connectivity index (χ0v) is 21.5. The van der Waals surface area contributed by atoms with Crippen molar-refractivity contribution in [2.75, 3.05) is 0 Å². The number of carbonyl (C=O) groups is 2. The molecule has 37 heavy (non-hydrogen) atoms. The van der Waals surface area contributed by atoms with Crippen molar-refractivity contribution in [3.63, 3.8) is 0 Å². The first-order valence-corrected chi connectivity index (χ1v) is 13.1. The van der Waals surface area contributed by atoms with Crippen LogP contribution in [0.4, 0.5) is 4.79 Å². The molecule has 5 atom stereocenters. The second-order valence-electron chi connectivity index (χ2n) is 9.44. The Morgan fingerprint density at radius 3 is 2.62 bits per heavy atom. The Morgan fingerprint density at radius 2 is 1.92 bits per heavy atom. The van der Waals surface area contributed by atoms with Crippen molar-refractivity contribution >= 4 is 18.2 Å². The van der Waals surface area contributed by atoms with Gasteiger partial charge in [0, 0.05) is 18.8 Å². The molecule has 1 aromatic carbocycles. The smallest absolute Gasteiger partial charge is 0.332 e. The van der Waals surface area contributed by atoms with E-state index in [-0.39, 0.29) is 24.2 Å². The number of hydrogen-bond acceptors (Lipinski definition) is 7. The van der Waals surface area contributed by atoms with Crippen LogP contribution in [0.15, 0.2) is 53.7 Å². The molecule has 1 aliphatic rings. The van der Waals surface area contributed by atoms with Gasteiger partial charge in [-0.25, -0.2) is 10.2 Å². The number of nitrogens with one attached hydrogen (secondary N) is 1. The molecule has 0 aromatic heterocycles. The first kappa shape index (κ1) is 30.2. The van der Waals surface area contributed by atoms with Crippen molar-refractivity contribution in [1.29, 1.82) is 0 Å². The maximum Gasteiger partial charge on any atom is 0.332 e. The Labute approximate surface area is 219 Å². The molecule has 0 saturated heterocycles. The van der Waals surface area contributed by atoms with Gasteiger partial charge in [0.15, 0.2) is 0 Å². The van der Waals surface area contributed by atoms with Crippen molar-refractivity contribution in [1.82, 2.24) is 5.43 Å². The summed E-state index contributed by atoms with van der Waals surface area (Å²) in [7, 11) is 0. The molecule has 0 unspecified atom stereocenters. The number of ether oxygens (including phenoxy) is 1. The third kappa shape index (κ3) is 11.7. The highest BCUT2D eigenvalue weighted by molar-refractivity contribution is 5.81. The number of nitrogens with zero attached hydrogens (tertiary/aromatic N) is 1. The van der Waals surface area contributed by atoms with Crippen LogP contribution in [-0.2, 0) is 4.79 Å². The van der Waals surface area contributed by atoms with Crippen LogP contribution >= 0.6 is 0 Å². The highest BCUT2D eigenvalue weighted by Gasteiger charge is 2.39. The molecule has 9 nitrogen and oxygen atoms in total. The minimum atomic E-state index is -0.753. The number of benzene rings is 1. The van der Waals surface area contributed by atoms with Gasteiger partial charge < -0.3 is 25.8 Å². The topological polar surface area (TPSA) is 154 Å². The Bertz CT molecular complexity index is 915. The molecule has 0 aliphatic heterocycles. The number of hydrogen-bond donors (Lipinski definition) is 5. The lowest BCUT2D eigenvalue weighted by molar-refractivity contribution is -0.134. The summed E-state index contributed by atoms with van der Waals surface area (Å²) in [6.45, 7) is 2.12. The van der Waals surface area contributed by atoms with Gasteiger partial charge >= 0.3 is 12.0 Å². The van der Waals surface area contributed by atoms with E-state index in [1.54, 1.807) is 30.3 Å². The van der Waals surface area contributed by atoms with E-state index in [1.807, 2.05) is 18.2 Å². The lowest BCUT2D eigenvalue weighted by Crippen LogP contribution is -2.24. The molecule has 204 valence electrons. The van der Waals surface area contributed by atoms with Gasteiger partial charge in [0.05, 0.1) is 24.5 Å². The van der Waals surface area contributed by atoms with E-state index >= 15 is 0 Å². The van der Waals surface area contributed by atoms with E-state index in [0.717, 1.165) is 19.3 Å². The molecular formula is C28H41N3O6. The van der Waals surface area contributed by atoms with E-state index < -0.39 is 24.3 Å². The van der Waals surface area contributed by atoms with Gasteiger partial charge in [0.25, 0.3) is 0 Å². The molecule has 0 radical (unpaired) electrons. The number of aliphatic hydroxyl groups excluding tert-OH is 3. The number of primary amides is 1. The summed E-state index contributed by atoms with van der Waals surface area (Å²) in [5.41, 5.74) is 7.74. The largest absolute Gasteiger partial charge is 0.427 e. The second kappa shape index (κ2) is 16.7. The fraction of sp³-hybridized carbons (Fsp3) is 0.536. The average Bonchev–Trinajstić information content (AvgIpc) is 3.12. The number of hydrazone groups is 1. The number of amides is 2. The molecule has 1 aromatic rings. The van der Waals surface area contributed by atoms with Crippen LogP contribution in [-0.4, -0.2) is 51.8 Å². The fourth-order valence-electron chi connectivity index (χ4n) is 4.37. The van der Waals surface area contributed by atoms with E-state index in [4.69, 9.17) is 10.5 Å². The van der Waals surface area contributed by atoms with Gasteiger partial charge in [-0.3, -0.25) is 4.79 Å². The molecule has 6 N–H and O–H groups in total. The van der Waals surface area contributed by atoms with Crippen molar-refractivity contribution in [3.05, 3.63) is 54.1 Å². The Kier molecular flexibility index (Phi) is 13.6. The van der Waals surface area contributed by atoms with E-state index in [9.17, 15) is 24.9 Å². The zero-order valence-electron chi connectivity index (χ0n) is 21.5. The van der Waals surface area contributed by atoms with E-state index in [2.05, 4.69) is 17.5 Å². The van der Waals surface area contributed by atoms with Crippen molar-refractivity contribution in [2.45, 2.75) is 83.0 Å². The van der Waals surface area contributed by atoms with E-state index in [1.165, 1.54) is 6.21 Å². The maximum atomic E-state index is 12.1. The number of esters is 1. The maximum absolute atomic E-state index is 12.1. The van der Waals surface area contributed by atoms with Crippen LogP contribution in [0.2, 0.25) is 0 Å². The summed E-state index contributed by atoms with van der Waals surface area (Å²) in [5.74, 6) is -0.200. The Morgan fingerprint density at radius 1 is 1.16 bits per heavy atom. The summed E-state index contributed by atoms with van der Waals surface area (Å²) >= 11 is 0. The number of carbonyl (C=O) groups excluding carboxylic acids is 2. The molecule has 0 heterocycles. The van der Waals surface area contributed by atoms with Gasteiger partial charge in [-0.1, -0.05) is 50.5 Å². The van der Waals surface area contributed by atoms with Crippen molar-refractivity contribution in [2.24, 2.45) is 22.7 Å². The average molecular weight is 516 g/mol. The summed E-state index contributed by atoms with van der Waals surface area (Å²) in [4.78, 5) is 22.7. The number of nitrogens with two attached hydrogens (primary N) is 1. The number of urea groups is 1. The van der Waals surface area contributed by atoms with Crippen LogP contribution in [0.25, 0.3) is 0 Å². The van der Waals surface area contributed by atoms with Gasteiger partial charge in [0.1, 0.15) is 5.75 Å². The van der Waals surface area contributed by atoms with Crippen molar-refractivity contribution < 1.29 is 29.6 Å². The summed E-state index contributed by atoms with van der Waals surface area (Å²) in [5, 5.41) is 34.5. The molecule has 0 spiro atoms. The van der Waals surface area contributed by atoms with Gasteiger partial charge in [-0.15, -0.1) is 0 Å². The standard InChI is InChI=1S/C28H41N3O6/c1-2-3-6-9-21(32)14-17-24-23(25(33)18-26(24)34)10-7-4-5-8-11-27(35)37-22-15-12-20(13-16-22)19-30-31-28(29)36/h4,7,12-17,19,21,23-26,32-34H,2-3,5-6,8-11,18H2,1H3,(H3,29,31,36)/b7-4-,17-14+,30-19+/t21-,23+,24+,25-,26+/m0/s1. The predicted molar refractivity (Wildman–Crippen MR) is 143 cm³/mol. The Balaban J connectivity index is 1.70. The predicted octanol–water partition coefficient (Wildman–Crippen LogP) is 3.57. The minimum absolute atomic E-state index is 0.102. The molecular weight excluding hydrogens is 474 g/mol. The highest BCUT2D eigenvalue weighted by Crippen LogP contribution is 2.36. The molecule has 1 fully saturated rings. The van der Waals surface area contributed by atoms with Gasteiger partial charge in [-0.2, -0.15) is 5.10 Å². The number of allylic oxidation sites excluding steroid dienone is 2. The molecule has 0 bridgehead atoms. The lowest BCUT2D eigenvalue weighted by Gasteiger charge is -2.19. The molecule has 2 amide bonds. The third-order valence-corrected chi connectivity index (χ3v) is 6.40. The highest BCUT2D eigenvalue weighted by atomic mass is 16.5. The minimum Gasteiger partial charge on any atom is -0.427 e. The monoisotopic (exact) mass is 515 g/mol. The number of rotatable bonds is 15. The SMILES string of the molecule is CCCCC[C@H](O)/C=C/[C@@H]1[C@@H](C/C=C\CCCC(=O)Oc2ccc(/C=N/NC(N)=O)cc2)[C@@H](O)C[C@H]1O. The van der Waals surface area contributed by atoms with Crippen LogP contribution < -0.4 is 15.9 Å². The van der Waals surface area contributed by atoms with Crippen LogP contribution in [0.5, 0.6) is 5.75 Å². The van der Waals surface area contributed by atoms with Crippen LogP contribution in [0.1, 0.15) is 70.3 Å². The van der Waals surface area contributed by atoms with Gasteiger partial charge in [0.2, 0.25) is 0 Å². The summed E-state index contributed by atoms with van der Waals surface area (Å²) in [6.07, 6.45) is 13.7.